The maximum Gasteiger partial charge on any atom is 0.255 e. The molecule has 2 aliphatic rings. The average Bonchev–Trinajstić information content (AvgIpc) is 2.80. The Labute approximate surface area is 217 Å². The molecule has 9 nitrogen and oxygen atoms in total. The van der Waals surface area contributed by atoms with Gasteiger partial charge in [0.15, 0.2) is 0 Å². The lowest BCUT2D eigenvalue weighted by Crippen LogP contribution is -2.52. The molecule has 1 aromatic carbocycles. The lowest BCUT2D eigenvalue weighted by Gasteiger charge is -2.30. The van der Waals surface area contributed by atoms with Crippen molar-refractivity contribution in [2.24, 2.45) is 5.92 Å². The van der Waals surface area contributed by atoms with Crippen molar-refractivity contribution >= 4 is 35.2 Å². The van der Waals surface area contributed by atoms with E-state index in [0.29, 0.717) is 17.2 Å². The first-order chi connectivity index (χ1) is 17.0. The van der Waals surface area contributed by atoms with E-state index in [-0.39, 0.29) is 60.7 Å². The molecule has 0 spiro atoms. The van der Waals surface area contributed by atoms with E-state index < -0.39 is 18.0 Å². The van der Waals surface area contributed by atoms with Crippen LogP contribution < -0.4 is 20.7 Å². The Balaban J connectivity index is 1.91. The summed E-state index contributed by atoms with van der Waals surface area (Å²) < 4.78 is 5.94. The summed E-state index contributed by atoms with van der Waals surface area (Å²) in [4.78, 5) is 53.9. The van der Waals surface area contributed by atoms with Gasteiger partial charge < -0.3 is 25.6 Å². The minimum Gasteiger partial charge on any atom is -0.491 e. The summed E-state index contributed by atoms with van der Waals surface area (Å²) in [5.41, 5.74) is 0.183. The van der Waals surface area contributed by atoms with Gasteiger partial charge in [-0.1, -0.05) is 25.4 Å². The standard InChI is InChI=1S/C26H37ClN4O5/c1-15(2)12-21-26(35)31(4)16(3)14-36-22-10-8-17(27)13-19(22)24(33)30-20(9-11-23(32)29-21)25(34)28-18-6-5-7-18/h8,10,13,15-16,18,20-21H,5-7,9,11-12,14H2,1-4H3,(H,28,34)(H,29,32)(H,30,33)/t16-,20+,21-/m1/s1. The first-order valence-electron chi connectivity index (χ1n) is 12.6. The first-order valence-corrected chi connectivity index (χ1v) is 13.0. The minimum atomic E-state index is -0.929. The molecule has 0 saturated heterocycles. The van der Waals surface area contributed by atoms with Gasteiger partial charge in [-0.2, -0.15) is 0 Å². The molecule has 1 aliphatic heterocycles. The number of rotatable bonds is 4. The van der Waals surface area contributed by atoms with E-state index in [0.717, 1.165) is 19.3 Å². The molecule has 1 fully saturated rings. The van der Waals surface area contributed by atoms with Gasteiger partial charge in [0.05, 0.1) is 11.6 Å². The van der Waals surface area contributed by atoms with E-state index in [2.05, 4.69) is 16.0 Å². The van der Waals surface area contributed by atoms with Crippen molar-refractivity contribution in [2.75, 3.05) is 13.7 Å². The van der Waals surface area contributed by atoms with Crippen LogP contribution in [0.4, 0.5) is 0 Å². The maximum atomic E-state index is 13.3. The van der Waals surface area contributed by atoms with Gasteiger partial charge in [-0.15, -0.1) is 0 Å². The molecule has 1 heterocycles. The highest BCUT2D eigenvalue weighted by molar-refractivity contribution is 6.31. The second-order valence-electron chi connectivity index (χ2n) is 10.2. The number of benzene rings is 1. The molecule has 4 amide bonds. The molecule has 36 heavy (non-hydrogen) atoms. The van der Waals surface area contributed by atoms with Gasteiger partial charge in [-0.25, -0.2) is 0 Å². The second-order valence-corrected chi connectivity index (χ2v) is 10.6. The molecule has 10 heteroatoms. The third-order valence-corrected chi connectivity index (χ3v) is 6.98. The number of fused-ring (bicyclic) bond motifs is 1. The second kappa shape index (κ2) is 12.4. The monoisotopic (exact) mass is 520 g/mol. The van der Waals surface area contributed by atoms with E-state index in [1.54, 1.807) is 24.1 Å². The normalized spacial score (nSPS) is 24.4. The highest BCUT2D eigenvalue weighted by Gasteiger charge is 2.31. The number of nitrogens with zero attached hydrogens (tertiary/aromatic N) is 1. The molecule has 1 saturated carbocycles. The van der Waals surface area contributed by atoms with Gasteiger partial charge in [0.25, 0.3) is 5.91 Å². The van der Waals surface area contributed by atoms with Gasteiger partial charge in [0.2, 0.25) is 17.7 Å². The predicted molar refractivity (Wildman–Crippen MR) is 137 cm³/mol. The predicted octanol–water partition coefficient (Wildman–Crippen LogP) is 2.66. The summed E-state index contributed by atoms with van der Waals surface area (Å²) in [7, 11) is 1.67. The summed E-state index contributed by atoms with van der Waals surface area (Å²) >= 11 is 6.16. The Hall–Kier alpha value is -2.81. The topological polar surface area (TPSA) is 117 Å². The van der Waals surface area contributed by atoms with Crippen LogP contribution in [0.2, 0.25) is 5.02 Å². The molecule has 0 unspecified atom stereocenters. The third-order valence-electron chi connectivity index (χ3n) is 6.75. The molecule has 3 N–H and O–H groups in total. The zero-order valence-electron chi connectivity index (χ0n) is 21.4. The van der Waals surface area contributed by atoms with Gasteiger partial charge in [-0.3, -0.25) is 19.2 Å². The van der Waals surface area contributed by atoms with Gasteiger partial charge in [0.1, 0.15) is 24.4 Å². The largest absolute Gasteiger partial charge is 0.491 e. The Morgan fingerprint density at radius 2 is 1.92 bits per heavy atom. The van der Waals surface area contributed by atoms with Crippen molar-refractivity contribution < 1.29 is 23.9 Å². The first kappa shape index (κ1) is 27.8. The quantitative estimate of drug-likeness (QED) is 0.564. The van der Waals surface area contributed by atoms with E-state index in [1.807, 2.05) is 20.8 Å². The number of ether oxygens (including phenoxy) is 1. The van der Waals surface area contributed by atoms with Crippen molar-refractivity contribution in [3.05, 3.63) is 28.8 Å². The molecule has 1 aromatic rings. The van der Waals surface area contributed by atoms with Crippen molar-refractivity contribution in [3.8, 4) is 5.75 Å². The Morgan fingerprint density at radius 3 is 2.56 bits per heavy atom. The Bertz CT molecular complexity index is 981. The molecule has 1 aliphatic carbocycles. The number of likely N-dealkylation sites (N-methyl/N-ethyl adjacent to an activating group) is 1. The van der Waals surface area contributed by atoms with E-state index in [4.69, 9.17) is 16.3 Å². The van der Waals surface area contributed by atoms with E-state index in [9.17, 15) is 19.2 Å². The SMILES string of the molecule is CC(C)C[C@H]1NC(=O)CC[C@@H](C(=O)NC2CCC2)NC(=O)c2cc(Cl)ccc2OC[C@@H](C)N(C)C1=O. The molecular formula is C26H37ClN4O5. The maximum absolute atomic E-state index is 13.3. The summed E-state index contributed by atoms with van der Waals surface area (Å²) in [6.45, 7) is 5.93. The zero-order chi connectivity index (χ0) is 26.4. The summed E-state index contributed by atoms with van der Waals surface area (Å²) in [6.07, 6.45) is 3.37. The summed E-state index contributed by atoms with van der Waals surface area (Å²) in [5.74, 6) is -0.943. The highest BCUT2D eigenvalue weighted by Crippen LogP contribution is 2.24. The molecule has 0 radical (unpaired) electrons. The van der Waals surface area contributed by atoms with Crippen LogP contribution in [-0.4, -0.2) is 66.4 Å². The molecule has 198 valence electrons. The van der Waals surface area contributed by atoms with Gasteiger partial charge in [-0.05, 0) is 63.1 Å². The fourth-order valence-corrected chi connectivity index (χ4v) is 4.36. The van der Waals surface area contributed by atoms with Crippen LogP contribution >= 0.6 is 11.6 Å². The lowest BCUT2D eigenvalue weighted by molar-refractivity contribution is -0.138. The highest BCUT2D eigenvalue weighted by atomic mass is 35.5. The fourth-order valence-electron chi connectivity index (χ4n) is 4.18. The number of carbonyl (C=O) groups excluding carboxylic acids is 4. The van der Waals surface area contributed by atoms with Gasteiger partial charge in [0, 0.05) is 24.5 Å². The number of halogens is 1. The summed E-state index contributed by atoms with van der Waals surface area (Å²) in [6, 6.07) is 2.82. The number of hydrogen-bond donors (Lipinski definition) is 3. The summed E-state index contributed by atoms with van der Waals surface area (Å²) in [5, 5.41) is 8.91. The zero-order valence-corrected chi connectivity index (χ0v) is 22.2. The molecule has 0 bridgehead atoms. The number of carbonyl (C=O) groups is 4. The van der Waals surface area contributed by atoms with Crippen molar-refractivity contribution in [2.45, 2.75) is 83.5 Å². The lowest BCUT2D eigenvalue weighted by atomic mass is 9.92. The number of amides is 4. The van der Waals surface area contributed by atoms with Crippen molar-refractivity contribution in [3.63, 3.8) is 0 Å². The van der Waals surface area contributed by atoms with Gasteiger partial charge >= 0.3 is 0 Å². The molecular weight excluding hydrogens is 484 g/mol. The Morgan fingerprint density at radius 1 is 1.19 bits per heavy atom. The van der Waals surface area contributed by atoms with Crippen LogP contribution in [0.25, 0.3) is 0 Å². The minimum absolute atomic E-state index is 0.0247. The molecule has 0 aromatic heterocycles. The van der Waals surface area contributed by atoms with Crippen molar-refractivity contribution in [1.29, 1.82) is 0 Å². The number of nitrogens with one attached hydrogen (secondary N) is 3. The number of hydrogen-bond acceptors (Lipinski definition) is 5. The Kier molecular flexibility index (Phi) is 9.59. The third kappa shape index (κ3) is 7.35. The smallest absolute Gasteiger partial charge is 0.255 e. The van der Waals surface area contributed by atoms with Crippen LogP contribution in [-0.2, 0) is 14.4 Å². The molecule has 3 rings (SSSR count). The van der Waals surface area contributed by atoms with Crippen LogP contribution in [0.15, 0.2) is 18.2 Å². The molecule has 3 atom stereocenters. The van der Waals surface area contributed by atoms with E-state index in [1.165, 1.54) is 6.07 Å². The van der Waals surface area contributed by atoms with Crippen LogP contribution in [0.5, 0.6) is 5.75 Å². The fraction of sp³-hybridized carbons (Fsp3) is 0.615. The van der Waals surface area contributed by atoms with E-state index >= 15 is 0 Å². The van der Waals surface area contributed by atoms with Crippen molar-refractivity contribution in [1.82, 2.24) is 20.9 Å². The van der Waals surface area contributed by atoms with Crippen LogP contribution in [0, 0.1) is 5.92 Å². The van der Waals surface area contributed by atoms with Crippen LogP contribution in [0.1, 0.15) is 69.7 Å². The average molecular weight is 521 g/mol. The van der Waals surface area contributed by atoms with Crippen LogP contribution in [0.3, 0.4) is 0 Å².